The van der Waals surface area contributed by atoms with E-state index in [4.69, 9.17) is 0 Å². The van der Waals surface area contributed by atoms with Gasteiger partial charge in [-0.3, -0.25) is 0 Å². The standard InChI is InChI=1S/C13H18F3N/c1-3-5-6-13(17-4-2)9-7-11(15)12(16)8-10(9)14/h7-8,13,17H,3-6H2,1-2H3. The maximum atomic E-state index is 13.6. The summed E-state index contributed by atoms with van der Waals surface area (Å²) >= 11 is 0. The molecule has 1 aromatic rings. The van der Waals surface area contributed by atoms with Gasteiger partial charge in [0.1, 0.15) is 5.82 Å². The fraction of sp³-hybridized carbons (Fsp3) is 0.538. The van der Waals surface area contributed by atoms with E-state index in [2.05, 4.69) is 5.32 Å². The Balaban J connectivity index is 2.96. The average molecular weight is 245 g/mol. The van der Waals surface area contributed by atoms with E-state index < -0.39 is 17.5 Å². The SMILES string of the molecule is CCCCC(NCC)c1cc(F)c(F)cc1F. The van der Waals surface area contributed by atoms with E-state index in [1.54, 1.807) is 0 Å². The molecular formula is C13H18F3N. The zero-order chi connectivity index (χ0) is 12.8. The maximum absolute atomic E-state index is 13.6. The van der Waals surface area contributed by atoms with Crippen LogP contribution in [0.3, 0.4) is 0 Å². The van der Waals surface area contributed by atoms with Crippen molar-refractivity contribution in [2.75, 3.05) is 6.54 Å². The summed E-state index contributed by atoms with van der Waals surface area (Å²) in [6, 6.07) is 1.31. The van der Waals surface area contributed by atoms with Crippen molar-refractivity contribution in [2.45, 2.75) is 39.2 Å². The highest BCUT2D eigenvalue weighted by Gasteiger charge is 2.17. The molecule has 0 bridgehead atoms. The van der Waals surface area contributed by atoms with E-state index in [1.807, 2.05) is 13.8 Å². The number of hydrogen-bond acceptors (Lipinski definition) is 1. The number of unbranched alkanes of at least 4 members (excludes halogenated alkanes) is 1. The topological polar surface area (TPSA) is 12.0 Å². The second-order valence-corrected chi connectivity index (χ2v) is 4.04. The molecule has 0 aliphatic carbocycles. The summed E-state index contributed by atoms with van der Waals surface area (Å²) in [7, 11) is 0. The average Bonchev–Trinajstić information content (AvgIpc) is 2.29. The molecule has 1 aromatic carbocycles. The first-order valence-electron chi connectivity index (χ1n) is 5.98. The molecule has 1 N–H and O–H groups in total. The Morgan fingerprint density at radius 1 is 1.06 bits per heavy atom. The molecule has 17 heavy (non-hydrogen) atoms. The monoisotopic (exact) mass is 245 g/mol. The Kier molecular flexibility index (Phi) is 5.48. The van der Waals surface area contributed by atoms with Gasteiger partial charge in [0.05, 0.1) is 0 Å². The minimum absolute atomic E-state index is 0.208. The van der Waals surface area contributed by atoms with Crippen LogP contribution in [0.1, 0.15) is 44.7 Å². The summed E-state index contributed by atoms with van der Waals surface area (Å²) < 4.78 is 39.5. The normalized spacial score (nSPS) is 12.8. The molecule has 0 spiro atoms. The van der Waals surface area contributed by atoms with Crippen LogP contribution in [0, 0.1) is 17.5 Å². The fourth-order valence-corrected chi connectivity index (χ4v) is 1.83. The summed E-state index contributed by atoms with van der Waals surface area (Å²) in [5.41, 5.74) is 0.208. The Bertz CT molecular complexity index is 366. The molecule has 4 heteroatoms. The van der Waals surface area contributed by atoms with Crippen LogP contribution in [-0.4, -0.2) is 6.54 Å². The molecule has 0 aromatic heterocycles. The van der Waals surface area contributed by atoms with Gasteiger partial charge in [0.2, 0.25) is 0 Å². The zero-order valence-electron chi connectivity index (χ0n) is 10.2. The Hall–Kier alpha value is -1.03. The van der Waals surface area contributed by atoms with Crippen molar-refractivity contribution in [3.8, 4) is 0 Å². The van der Waals surface area contributed by atoms with Crippen LogP contribution in [0.25, 0.3) is 0 Å². The molecule has 0 saturated heterocycles. The van der Waals surface area contributed by atoms with Gasteiger partial charge in [-0.25, -0.2) is 13.2 Å². The third-order valence-electron chi connectivity index (χ3n) is 2.71. The highest BCUT2D eigenvalue weighted by atomic mass is 19.2. The van der Waals surface area contributed by atoms with Gasteiger partial charge in [0.25, 0.3) is 0 Å². The Morgan fingerprint density at radius 2 is 1.71 bits per heavy atom. The Labute approximate surface area is 100 Å². The third kappa shape index (κ3) is 3.73. The van der Waals surface area contributed by atoms with E-state index in [0.717, 1.165) is 18.9 Å². The van der Waals surface area contributed by atoms with Crippen molar-refractivity contribution in [3.63, 3.8) is 0 Å². The molecule has 1 rings (SSSR count). The molecule has 1 unspecified atom stereocenters. The molecule has 0 aliphatic heterocycles. The zero-order valence-corrected chi connectivity index (χ0v) is 10.2. The van der Waals surface area contributed by atoms with E-state index in [0.29, 0.717) is 19.0 Å². The van der Waals surface area contributed by atoms with E-state index >= 15 is 0 Å². The van der Waals surface area contributed by atoms with E-state index in [1.165, 1.54) is 0 Å². The lowest BCUT2D eigenvalue weighted by molar-refractivity contribution is 0.448. The first-order chi connectivity index (χ1) is 8.10. The minimum Gasteiger partial charge on any atom is -0.310 e. The molecule has 0 amide bonds. The number of nitrogens with one attached hydrogen (secondary N) is 1. The summed E-state index contributed by atoms with van der Waals surface area (Å²) in [4.78, 5) is 0. The highest BCUT2D eigenvalue weighted by Crippen LogP contribution is 2.24. The van der Waals surface area contributed by atoms with Gasteiger partial charge in [-0.1, -0.05) is 26.7 Å². The predicted molar refractivity (Wildman–Crippen MR) is 62.3 cm³/mol. The van der Waals surface area contributed by atoms with Gasteiger partial charge in [-0.15, -0.1) is 0 Å². The van der Waals surface area contributed by atoms with Gasteiger partial charge in [0.15, 0.2) is 11.6 Å². The molecule has 0 heterocycles. The molecule has 0 fully saturated rings. The van der Waals surface area contributed by atoms with Gasteiger partial charge in [-0.05, 0) is 19.0 Å². The smallest absolute Gasteiger partial charge is 0.161 e. The van der Waals surface area contributed by atoms with Crippen LogP contribution in [-0.2, 0) is 0 Å². The lowest BCUT2D eigenvalue weighted by atomic mass is 10.00. The fourth-order valence-electron chi connectivity index (χ4n) is 1.83. The van der Waals surface area contributed by atoms with E-state index in [-0.39, 0.29) is 11.6 Å². The van der Waals surface area contributed by atoms with Crippen molar-refractivity contribution >= 4 is 0 Å². The summed E-state index contributed by atoms with van der Waals surface area (Å²) in [5.74, 6) is -2.83. The van der Waals surface area contributed by atoms with Crippen molar-refractivity contribution in [1.82, 2.24) is 5.32 Å². The van der Waals surface area contributed by atoms with Crippen LogP contribution in [0.5, 0.6) is 0 Å². The molecule has 1 nitrogen and oxygen atoms in total. The third-order valence-corrected chi connectivity index (χ3v) is 2.71. The number of halogens is 3. The van der Waals surface area contributed by atoms with Crippen molar-refractivity contribution in [3.05, 3.63) is 35.1 Å². The maximum Gasteiger partial charge on any atom is 0.161 e. The predicted octanol–water partition coefficient (Wildman–Crippen LogP) is 3.94. The first-order valence-corrected chi connectivity index (χ1v) is 5.98. The molecule has 0 aliphatic rings. The van der Waals surface area contributed by atoms with Crippen LogP contribution in [0.4, 0.5) is 13.2 Å². The summed E-state index contributed by atoms with van der Waals surface area (Å²) in [6.07, 6.45) is 2.61. The van der Waals surface area contributed by atoms with Crippen LogP contribution in [0.2, 0.25) is 0 Å². The lowest BCUT2D eigenvalue weighted by Crippen LogP contribution is -2.22. The van der Waals surface area contributed by atoms with Crippen molar-refractivity contribution in [2.24, 2.45) is 0 Å². The molecular weight excluding hydrogens is 227 g/mol. The summed E-state index contributed by atoms with van der Waals surface area (Å²) in [5, 5.41) is 3.09. The van der Waals surface area contributed by atoms with Gasteiger partial charge in [0, 0.05) is 17.7 Å². The van der Waals surface area contributed by atoms with Crippen LogP contribution < -0.4 is 5.32 Å². The second-order valence-electron chi connectivity index (χ2n) is 4.04. The van der Waals surface area contributed by atoms with Crippen molar-refractivity contribution < 1.29 is 13.2 Å². The van der Waals surface area contributed by atoms with E-state index in [9.17, 15) is 13.2 Å². The number of hydrogen-bond donors (Lipinski definition) is 1. The van der Waals surface area contributed by atoms with Gasteiger partial charge < -0.3 is 5.32 Å². The Morgan fingerprint density at radius 3 is 2.29 bits per heavy atom. The lowest BCUT2D eigenvalue weighted by Gasteiger charge is -2.19. The van der Waals surface area contributed by atoms with Gasteiger partial charge >= 0.3 is 0 Å². The van der Waals surface area contributed by atoms with Crippen LogP contribution in [0.15, 0.2) is 12.1 Å². The number of benzene rings is 1. The largest absolute Gasteiger partial charge is 0.310 e. The minimum atomic E-state index is -1.14. The molecule has 96 valence electrons. The molecule has 1 atom stereocenters. The first kappa shape index (κ1) is 14.0. The molecule has 0 radical (unpaired) electrons. The molecule has 0 saturated carbocycles. The quantitative estimate of drug-likeness (QED) is 0.748. The van der Waals surface area contributed by atoms with Gasteiger partial charge in [-0.2, -0.15) is 0 Å². The van der Waals surface area contributed by atoms with Crippen molar-refractivity contribution in [1.29, 1.82) is 0 Å². The van der Waals surface area contributed by atoms with Crippen LogP contribution >= 0.6 is 0 Å². The second kappa shape index (κ2) is 6.64. The highest BCUT2D eigenvalue weighted by molar-refractivity contribution is 5.23. The summed E-state index contributed by atoms with van der Waals surface area (Å²) in [6.45, 7) is 4.59. The number of rotatable bonds is 6.